The number of anilines is 1. The first-order valence-electron chi connectivity index (χ1n) is 7.08. The summed E-state index contributed by atoms with van der Waals surface area (Å²) in [5.41, 5.74) is 2.37. The summed E-state index contributed by atoms with van der Waals surface area (Å²) >= 11 is 1.11. The van der Waals surface area contributed by atoms with Crippen LogP contribution >= 0.6 is 11.3 Å². The number of rotatable bonds is 4. The first-order valence-corrected chi connectivity index (χ1v) is 9.45. The zero-order chi connectivity index (χ0) is 17.3. The number of para-hydroxylation sites is 1. The van der Waals surface area contributed by atoms with Crippen LogP contribution in [0.5, 0.6) is 0 Å². The van der Waals surface area contributed by atoms with Crippen LogP contribution in [0.3, 0.4) is 0 Å². The normalized spacial score (nSPS) is 11.4. The molecule has 0 fully saturated rings. The molecule has 0 bridgehead atoms. The van der Waals surface area contributed by atoms with Crippen LogP contribution in [0, 0.1) is 6.92 Å². The molecule has 0 amide bonds. The lowest BCUT2D eigenvalue weighted by atomic mass is 10.2. The van der Waals surface area contributed by atoms with Crippen molar-refractivity contribution in [3.05, 3.63) is 63.8 Å². The standard InChI is InChI=1S/C16H15N3O3S2/c1-11-5-3-4-6-13(11)18-24(21,22)16-9-12(10-23-16)14-7-8-15(20)19(2)17-14/h3-10,18H,1-2H3. The molecule has 0 unspecified atom stereocenters. The maximum absolute atomic E-state index is 12.5. The van der Waals surface area contributed by atoms with Crippen LogP contribution in [0.2, 0.25) is 0 Å². The summed E-state index contributed by atoms with van der Waals surface area (Å²) < 4.78 is 29.1. The van der Waals surface area contributed by atoms with Crippen molar-refractivity contribution in [3.8, 4) is 11.3 Å². The van der Waals surface area contributed by atoms with E-state index in [0.29, 0.717) is 16.9 Å². The highest BCUT2D eigenvalue weighted by molar-refractivity contribution is 7.94. The molecule has 8 heteroatoms. The predicted molar refractivity (Wildman–Crippen MR) is 94.8 cm³/mol. The van der Waals surface area contributed by atoms with Gasteiger partial charge >= 0.3 is 0 Å². The van der Waals surface area contributed by atoms with Crippen LogP contribution in [0.4, 0.5) is 5.69 Å². The Morgan fingerprint density at radius 3 is 2.62 bits per heavy atom. The van der Waals surface area contributed by atoms with E-state index in [1.54, 1.807) is 36.7 Å². The molecule has 0 spiro atoms. The fourth-order valence-corrected chi connectivity index (χ4v) is 4.43. The van der Waals surface area contributed by atoms with E-state index >= 15 is 0 Å². The van der Waals surface area contributed by atoms with Gasteiger partial charge in [-0.2, -0.15) is 5.10 Å². The van der Waals surface area contributed by atoms with E-state index in [0.717, 1.165) is 16.9 Å². The molecule has 2 aromatic heterocycles. The lowest BCUT2D eigenvalue weighted by Gasteiger charge is -2.08. The smallest absolute Gasteiger partial charge is 0.271 e. The minimum atomic E-state index is -3.67. The van der Waals surface area contributed by atoms with Gasteiger partial charge in [0.15, 0.2) is 0 Å². The van der Waals surface area contributed by atoms with Crippen molar-refractivity contribution in [1.29, 1.82) is 0 Å². The van der Waals surface area contributed by atoms with E-state index in [9.17, 15) is 13.2 Å². The zero-order valence-corrected chi connectivity index (χ0v) is 14.7. The number of nitrogens with one attached hydrogen (secondary N) is 1. The molecule has 1 aromatic carbocycles. The van der Waals surface area contributed by atoms with Gasteiger partial charge in [-0.05, 0) is 30.7 Å². The Morgan fingerprint density at radius 1 is 1.17 bits per heavy atom. The van der Waals surface area contributed by atoms with Crippen molar-refractivity contribution in [2.45, 2.75) is 11.1 Å². The van der Waals surface area contributed by atoms with E-state index in [1.165, 1.54) is 10.7 Å². The third kappa shape index (κ3) is 3.24. The third-order valence-corrected chi connectivity index (χ3v) is 6.29. The topological polar surface area (TPSA) is 81.1 Å². The van der Waals surface area contributed by atoms with Crippen molar-refractivity contribution in [2.24, 2.45) is 7.05 Å². The Labute approximate surface area is 143 Å². The summed E-state index contributed by atoms with van der Waals surface area (Å²) in [6, 6.07) is 11.7. The zero-order valence-electron chi connectivity index (χ0n) is 13.1. The van der Waals surface area contributed by atoms with Crippen molar-refractivity contribution in [1.82, 2.24) is 9.78 Å². The third-order valence-electron chi connectivity index (χ3n) is 3.49. The minimum absolute atomic E-state index is 0.191. The first-order chi connectivity index (χ1) is 11.4. The molecule has 0 aliphatic heterocycles. The molecule has 0 saturated carbocycles. The van der Waals surface area contributed by atoms with Crippen molar-refractivity contribution >= 4 is 27.0 Å². The SMILES string of the molecule is Cc1ccccc1NS(=O)(=O)c1cc(-c2ccc(=O)n(C)n2)cs1. The number of aryl methyl sites for hydroxylation is 2. The minimum Gasteiger partial charge on any atom is -0.279 e. The van der Waals surface area contributed by atoms with Crippen LogP contribution in [0.25, 0.3) is 11.3 Å². The van der Waals surface area contributed by atoms with E-state index in [4.69, 9.17) is 0 Å². The van der Waals surface area contributed by atoms with Crippen LogP contribution < -0.4 is 10.3 Å². The highest BCUT2D eigenvalue weighted by atomic mass is 32.2. The highest BCUT2D eigenvalue weighted by Gasteiger charge is 2.18. The van der Waals surface area contributed by atoms with Gasteiger partial charge in [-0.1, -0.05) is 18.2 Å². The maximum atomic E-state index is 12.5. The largest absolute Gasteiger partial charge is 0.279 e. The Balaban J connectivity index is 1.93. The summed E-state index contributed by atoms with van der Waals surface area (Å²) in [5, 5.41) is 5.84. The van der Waals surface area contributed by atoms with E-state index < -0.39 is 10.0 Å². The second kappa shape index (κ2) is 6.21. The van der Waals surface area contributed by atoms with Gasteiger partial charge < -0.3 is 0 Å². The lowest BCUT2D eigenvalue weighted by molar-refractivity contribution is 0.603. The highest BCUT2D eigenvalue weighted by Crippen LogP contribution is 2.28. The number of sulfonamides is 1. The number of thiophene rings is 1. The van der Waals surface area contributed by atoms with Gasteiger partial charge in [0.1, 0.15) is 4.21 Å². The predicted octanol–water partition coefficient (Wildman–Crippen LogP) is 2.62. The summed E-state index contributed by atoms with van der Waals surface area (Å²) in [6.07, 6.45) is 0. The van der Waals surface area contributed by atoms with Gasteiger partial charge in [0, 0.05) is 24.1 Å². The Kier molecular flexibility index (Phi) is 4.25. The molecule has 124 valence electrons. The van der Waals surface area contributed by atoms with Gasteiger partial charge in [0.05, 0.1) is 11.4 Å². The molecule has 3 rings (SSSR count). The summed E-state index contributed by atoms with van der Waals surface area (Å²) in [5.74, 6) is 0. The average molecular weight is 361 g/mol. The van der Waals surface area contributed by atoms with E-state index in [-0.39, 0.29) is 9.77 Å². The second-order valence-corrected chi connectivity index (χ2v) is 8.08. The number of benzene rings is 1. The molecule has 3 aromatic rings. The van der Waals surface area contributed by atoms with E-state index in [1.807, 2.05) is 19.1 Å². The molecule has 0 saturated heterocycles. The van der Waals surface area contributed by atoms with Gasteiger partial charge in [0.25, 0.3) is 15.6 Å². The van der Waals surface area contributed by atoms with Crippen LogP contribution in [-0.4, -0.2) is 18.2 Å². The average Bonchev–Trinajstić information content (AvgIpc) is 3.03. The number of hydrogen-bond donors (Lipinski definition) is 1. The fraction of sp³-hybridized carbons (Fsp3) is 0.125. The molecule has 2 heterocycles. The van der Waals surface area contributed by atoms with Gasteiger partial charge in [-0.15, -0.1) is 11.3 Å². The molecule has 0 atom stereocenters. The van der Waals surface area contributed by atoms with Crippen LogP contribution in [0.15, 0.2) is 56.8 Å². The first kappa shape index (κ1) is 16.4. The van der Waals surface area contributed by atoms with Gasteiger partial charge in [-0.25, -0.2) is 13.1 Å². The monoisotopic (exact) mass is 361 g/mol. The second-order valence-electron chi connectivity index (χ2n) is 5.26. The van der Waals surface area contributed by atoms with Gasteiger partial charge in [-0.3, -0.25) is 9.52 Å². The van der Waals surface area contributed by atoms with E-state index in [2.05, 4.69) is 9.82 Å². The fourth-order valence-electron chi connectivity index (χ4n) is 2.13. The quantitative estimate of drug-likeness (QED) is 0.774. The summed E-state index contributed by atoms with van der Waals surface area (Å²) in [7, 11) is -2.12. The Hall–Kier alpha value is -2.45. The molecular weight excluding hydrogens is 346 g/mol. The van der Waals surface area contributed by atoms with Crippen LogP contribution in [-0.2, 0) is 17.1 Å². The molecule has 6 nitrogen and oxygen atoms in total. The number of nitrogens with zero attached hydrogens (tertiary/aromatic N) is 2. The molecule has 0 radical (unpaired) electrons. The van der Waals surface area contributed by atoms with Crippen LogP contribution in [0.1, 0.15) is 5.56 Å². The molecule has 1 N–H and O–H groups in total. The lowest BCUT2D eigenvalue weighted by Crippen LogP contribution is -2.18. The van der Waals surface area contributed by atoms with Gasteiger partial charge in [0.2, 0.25) is 0 Å². The number of aromatic nitrogens is 2. The Morgan fingerprint density at radius 2 is 1.92 bits per heavy atom. The molecule has 0 aliphatic carbocycles. The molecule has 0 aliphatic rings. The Bertz CT molecular complexity index is 1050. The maximum Gasteiger partial charge on any atom is 0.271 e. The summed E-state index contributed by atoms with van der Waals surface area (Å²) in [6.45, 7) is 1.84. The number of hydrogen-bond acceptors (Lipinski definition) is 5. The van der Waals surface area contributed by atoms with Crippen molar-refractivity contribution in [2.75, 3.05) is 4.72 Å². The molecular formula is C16H15N3O3S2. The molecule has 24 heavy (non-hydrogen) atoms. The van der Waals surface area contributed by atoms with Crippen molar-refractivity contribution < 1.29 is 8.42 Å². The summed E-state index contributed by atoms with van der Waals surface area (Å²) in [4.78, 5) is 11.4. The van der Waals surface area contributed by atoms with Crippen molar-refractivity contribution in [3.63, 3.8) is 0 Å².